The zero-order valence-electron chi connectivity index (χ0n) is 10.8. The Morgan fingerprint density at radius 2 is 2.22 bits per heavy atom. The van der Waals surface area contributed by atoms with Crippen molar-refractivity contribution >= 4 is 23.4 Å². The molecule has 0 aromatic heterocycles. The number of anilines is 1. The third-order valence-corrected chi connectivity index (χ3v) is 4.11. The monoisotopic (exact) mass is 264 g/mol. The highest BCUT2D eigenvalue weighted by atomic mass is 32.2. The second-order valence-electron chi connectivity index (χ2n) is 4.47. The minimum absolute atomic E-state index is 0.256. The Hall–Kier alpha value is -1.00. The summed E-state index contributed by atoms with van der Waals surface area (Å²) in [5.41, 5.74) is 7.92. The van der Waals surface area contributed by atoms with Gasteiger partial charge in [0.05, 0.1) is 0 Å². The predicted molar refractivity (Wildman–Crippen MR) is 77.2 cm³/mol. The van der Waals surface area contributed by atoms with Gasteiger partial charge in [0, 0.05) is 35.8 Å². The number of hydrogen-bond donors (Lipinski definition) is 1. The Balaban J connectivity index is 2.22. The van der Waals surface area contributed by atoms with Gasteiger partial charge >= 0.3 is 0 Å². The molecule has 1 aliphatic rings. The highest BCUT2D eigenvalue weighted by Crippen LogP contribution is 2.31. The maximum Gasteiger partial charge on any atom is 0.227 e. The van der Waals surface area contributed by atoms with Gasteiger partial charge < -0.3 is 10.6 Å². The fourth-order valence-corrected chi connectivity index (χ4v) is 3.02. The number of fused-ring (bicyclic) bond motifs is 1. The number of carbonyl (C=O) groups is 1. The summed E-state index contributed by atoms with van der Waals surface area (Å²) in [4.78, 5) is 15.1. The van der Waals surface area contributed by atoms with E-state index in [2.05, 4.69) is 25.1 Å². The minimum Gasteiger partial charge on any atom is -0.330 e. The van der Waals surface area contributed by atoms with Crippen LogP contribution < -0.4 is 10.6 Å². The van der Waals surface area contributed by atoms with Crippen molar-refractivity contribution in [3.63, 3.8) is 0 Å². The van der Waals surface area contributed by atoms with Crippen molar-refractivity contribution in [3.05, 3.63) is 23.8 Å². The van der Waals surface area contributed by atoms with Crippen LogP contribution in [0.2, 0.25) is 0 Å². The van der Waals surface area contributed by atoms with Gasteiger partial charge in [-0.3, -0.25) is 4.79 Å². The van der Waals surface area contributed by atoms with E-state index in [9.17, 15) is 4.79 Å². The number of thioether (sulfide) groups is 1. The zero-order chi connectivity index (χ0) is 13.0. The van der Waals surface area contributed by atoms with Crippen molar-refractivity contribution in [1.29, 1.82) is 0 Å². The molecule has 0 spiro atoms. The molecule has 4 heteroatoms. The van der Waals surface area contributed by atoms with Crippen molar-refractivity contribution < 1.29 is 4.79 Å². The molecule has 1 aliphatic heterocycles. The number of amides is 1. The van der Waals surface area contributed by atoms with Gasteiger partial charge in [0.15, 0.2) is 0 Å². The second kappa shape index (κ2) is 6.25. The summed E-state index contributed by atoms with van der Waals surface area (Å²) < 4.78 is 0. The normalized spacial score (nSPS) is 14.8. The van der Waals surface area contributed by atoms with E-state index in [0.29, 0.717) is 13.0 Å². The number of aryl methyl sites for hydroxylation is 1. The molecule has 1 aromatic carbocycles. The molecule has 0 saturated heterocycles. The van der Waals surface area contributed by atoms with Crippen molar-refractivity contribution in [2.75, 3.05) is 23.7 Å². The molecular weight excluding hydrogens is 244 g/mol. The number of nitrogens with zero attached hydrogens (tertiary/aromatic N) is 1. The predicted octanol–water partition coefficient (Wildman–Crippen LogP) is 2.43. The number of carbonyl (C=O) groups excluding carboxylic acids is 1. The lowest BCUT2D eigenvalue weighted by atomic mass is 10.0. The molecule has 0 fully saturated rings. The highest BCUT2D eigenvalue weighted by molar-refractivity contribution is 7.99. The Labute approximate surface area is 113 Å². The average molecular weight is 264 g/mol. The van der Waals surface area contributed by atoms with Crippen molar-refractivity contribution in [3.8, 4) is 0 Å². The van der Waals surface area contributed by atoms with Gasteiger partial charge in [-0.15, -0.1) is 11.8 Å². The number of hydrogen-bond acceptors (Lipinski definition) is 3. The third kappa shape index (κ3) is 2.87. The molecular formula is C14H20N2OS. The van der Waals surface area contributed by atoms with Gasteiger partial charge in [-0.2, -0.15) is 0 Å². The zero-order valence-corrected chi connectivity index (χ0v) is 11.6. The van der Waals surface area contributed by atoms with E-state index in [1.54, 1.807) is 11.8 Å². The SMILES string of the molecule is CCCN1C(=O)CCc2cc(SCCN)ccc21. The van der Waals surface area contributed by atoms with Gasteiger partial charge in [-0.25, -0.2) is 0 Å². The fourth-order valence-electron chi connectivity index (χ4n) is 2.27. The Morgan fingerprint density at radius 3 is 2.94 bits per heavy atom. The van der Waals surface area contributed by atoms with Crippen LogP contribution in [-0.2, 0) is 11.2 Å². The Kier molecular flexibility index (Phi) is 4.66. The lowest BCUT2D eigenvalue weighted by molar-refractivity contribution is -0.118. The van der Waals surface area contributed by atoms with Crippen LogP contribution in [0.25, 0.3) is 0 Å². The van der Waals surface area contributed by atoms with Crippen LogP contribution >= 0.6 is 11.8 Å². The molecule has 3 nitrogen and oxygen atoms in total. The first kappa shape index (κ1) is 13.4. The molecule has 1 heterocycles. The molecule has 0 aliphatic carbocycles. The lowest BCUT2D eigenvalue weighted by Gasteiger charge is -2.29. The molecule has 2 N–H and O–H groups in total. The molecule has 18 heavy (non-hydrogen) atoms. The summed E-state index contributed by atoms with van der Waals surface area (Å²) in [6.07, 6.45) is 2.50. The van der Waals surface area contributed by atoms with E-state index >= 15 is 0 Å². The summed E-state index contributed by atoms with van der Waals surface area (Å²) in [7, 11) is 0. The first-order chi connectivity index (χ1) is 8.76. The summed E-state index contributed by atoms with van der Waals surface area (Å²) in [5, 5.41) is 0. The van der Waals surface area contributed by atoms with Crippen LogP contribution in [-0.4, -0.2) is 24.7 Å². The average Bonchev–Trinajstić information content (AvgIpc) is 2.39. The molecule has 98 valence electrons. The summed E-state index contributed by atoms with van der Waals surface area (Å²) in [5.74, 6) is 1.20. The number of nitrogens with two attached hydrogens (primary N) is 1. The lowest BCUT2D eigenvalue weighted by Crippen LogP contribution is -2.35. The van der Waals surface area contributed by atoms with E-state index in [-0.39, 0.29) is 5.91 Å². The molecule has 0 bridgehead atoms. The van der Waals surface area contributed by atoms with E-state index < -0.39 is 0 Å². The van der Waals surface area contributed by atoms with Gasteiger partial charge in [-0.1, -0.05) is 6.92 Å². The smallest absolute Gasteiger partial charge is 0.227 e. The Bertz CT molecular complexity index is 434. The second-order valence-corrected chi connectivity index (χ2v) is 5.64. The standard InChI is InChI=1S/C14H20N2OS/c1-2-8-16-13-5-4-12(18-9-7-15)10-11(13)3-6-14(16)17/h4-5,10H,2-3,6-9,15H2,1H3. The molecule has 0 unspecified atom stereocenters. The largest absolute Gasteiger partial charge is 0.330 e. The van der Waals surface area contributed by atoms with Crippen LogP contribution in [0.5, 0.6) is 0 Å². The molecule has 1 aromatic rings. The van der Waals surface area contributed by atoms with Gasteiger partial charge in [-0.05, 0) is 36.6 Å². The number of benzene rings is 1. The highest BCUT2D eigenvalue weighted by Gasteiger charge is 2.23. The summed E-state index contributed by atoms with van der Waals surface area (Å²) >= 11 is 1.78. The third-order valence-electron chi connectivity index (χ3n) is 3.08. The molecule has 1 amide bonds. The summed E-state index contributed by atoms with van der Waals surface area (Å²) in [6, 6.07) is 6.39. The fraction of sp³-hybridized carbons (Fsp3) is 0.500. The topological polar surface area (TPSA) is 46.3 Å². The first-order valence-corrected chi connectivity index (χ1v) is 7.51. The van der Waals surface area contributed by atoms with Crippen molar-refractivity contribution in [2.24, 2.45) is 5.73 Å². The van der Waals surface area contributed by atoms with Crippen LogP contribution in [0, 0.1) is 0 Å². The van der Waals surface area contributed by atoms with Crippen LogP contribution in [0.3, 0.4) is 0 Å². The van der Waals surface area contributed by atoms with E-state index in [0.717, 1.165) is 30.8 Å². The van der Waals surface area contributed by atoms with Crippen molar-refractivity contribution in [1.82, 2.24) is 0 Å². The quantitative estimate of drug-likeness (QED) is 0.831. The van der Waals surface area contributed by atoms with Gasteiger partial charge in [0.2, 0.25) is 5.91 Å². The molecule has 0 saturated carbocycles. The van der Waals surface area contributed by atoms with E-state index in [1.807, 2.05) is 4.90 Å². The molecule has 2 rings (SSSR count). The van der Waals surface area contributed by atoms with Crippen LogP contribution in [0.15, 0.2) is 23.1 Å². The Morgan fingerprint density at radius 1 is 1.39 bits per heavy atom. The first-order valence-electron chi connectivity index (χ1n) is 6.52. The van der Waals surface area contributed by atoms with E-state index in [4.69, 9.17) is 5.73 Å². The van der Waals surface area contributed by atoms with E-state index in [1.165, 1.54) is 10.5 Å². The van der Waals surface area contributed by atoms with Gasteiger partial charge in [0.25, 0.3) is 0 Å². The van der Waals surface area contributed by atoms with Crippen LogP contribution in [0.4, 0.5) is 5.69 Å². The molecule has 0 atom stereocenters. The number of rotatable bonds is 5. The molecule has 0 radical (unpaired) electrons. The minimum atomic E-state index is 0.256. The maximum atomic E-state index is 11.9. The van der Waals surface area contributed by atoms with Crippen molar-refractivity contribution in [2.45, 2.75) is 31.1 Å². The van der Waals surface area contributed by atoms with Crippen LogP contribution in [0.1, 0.15) is 25.3 Å². The van der Waals surface area contributed by atoms with Gasteiger partial charge in [0.1, 0.15) is 0 Å². The summed E-state index contributed by atoms with van der Waals surface area (Å²) in [6.45, 7) is 3.62. The maximum absolute atomic E-state index is 11.9.